The van der Waals surface area contributed by atoms with Gasteiger partial charge in [0.25, 0.3) is 0 Å². The molecule has 3 heteroatoms. The number of halogens is 3. The maximum atomic E-state index is 12.4. The molecule has 0 N–H and O–H groups in total. The van der Waals surface area contributed by atoms with Crippen molar-refractivity contribution in [2.24, 2.45) is 0 Å². The maximum Gasteiger partial charge on any atom is 0.159 e. The van der Waals surface area contributed by atoms with Crippen LogP contribution in [-0.4, -0.2) is 6.67 Å². The molecular weight excluding hydrogens is 153 g/mol. The first kappa shape index (κ1) is 8.11. The molecule has 0 unspecified atom stereocenters. The second kappa shape index (κ2) is 3.42. The molecule has 0 radical (unpaired) electrons. The molecule has 0 nitrogen and oxygen atoms in total. The third-order valence-electron chi connectivity index (χ3n) is 1.37. The zero-order valence-corrected chi connectivity index (χ0v) is 5.78. The van der Waals surface area contributed by atoms with Gasteiger partial charge in [-0.15, -0.1) is 0 Å². The van der Waals surface area contributed by atoms with Gasteiger partial charge in [0.15, 0.2) is 11.6 Å². The van der Waals surface area contributed by atoms with E-state index >= 15 is 0 Å². The highest BCUT2D eigenvalue weighted by Crippen LogP contribution is 2.08. The van der Waals surface area contributed by atoms with E-state index < -0.39 is 18.3 Å². The lowest BCUT2D eigenvalue weighted by Gasteiger charge is -1.96. The smallest absolute Gasteiger partial charge is 0.159 e. The Labute approximate surface area is 62.7 Å². The molecular formula is C8H7F3. The normalized spacial score (nSPS) is 10.1. The summed E-state index contributed by atoms with van der Waals surface area (Å²) in [6.45, 7) is -0.551. The van der Waals surface area contributed by atoms with Gasteiger partial charge in [0, 0.05) is 6.42 Å². The fourth-order valence-electron chi connectivity index (χ4n) is 0.804. The fourth-order valence-corrected chi connectivity index (χ4v) is 0.804. The summed E-state index contributed by atoms with van der Waals surface area (Å²) in [5, 5.41) is 0. The van der Waals surface area contributed by atoms with Crippen molar-refractivity contribution in [2.75, 3.05) is 6.67 Å². The first-order chi connectivity index (χ1) is 5.24. The lowest BCUT2D eigenvalue weighted by molar-refractivity contribution is 0.487. The summed E-state index contributed by atoms with van der Waals surface area (Å²) < 4.78 is 36.4. The van der Waals surface area contributed by atoms with Crippen LogP contribution in [-0.2, 0) is 6.42 Å². The Hall–Kier alpha value is -0.990. The van der Waals surface area contributed by atoms with Crippen LogP contribution in [0.4, 0.5) is 13.2 Å². The first-order valence-corrected chi connectivity index (χ1v) is 3.24. The van der Waals surface area contributed by atoms with Crippen LogP contribution >= 0.6 is 0 Å². The highest BCUT2D eigenvalue weighted by Gasteiger charge is 2.01. The van der Waals surface area contributed by atoms with Crippen LogP contribution in [0.5, 0.6) is 0 Å². The zero-order chi connectivity index (χ0) is 8.27. The standard InChI is InChI=1S/C8H7F3/c9-4-3-6-1-2-7(10)8(11)5-6/h1-2,5H,3-4H2. The fraction of sp³-hybridized carbons (Fsp3) is 0.250. The topological polar surface area (TPSA) is 0 Å². The highest BCUT2D eigenvalue weighted by molar-refractivity contribution is 5.17. The molecule has 0 saturated heterocycles. The quantitative estimate of drug-likeness (QED) is 0.623. The molecule has 0 heterocycles. The molecule has 0 aliphatic rings. The van der Waals surface area contributed by atoms with Crippen molar-refractivity contribution < 1.29 is 13.2 Å². The number of aryl methyl sites for hydroxylation is 1. The van der Waals surface area contributed by atoms with Crippen molar-refractivity contribution in [1.82, 2.24) is 0 Å². The molecule has 11 heavy (non-hydrogen) atoms. The third kappa shape index (κ3) is 1.97. The van der Waals surface area contributed by atoms with E-state index in [-0.39, 0.29) is 6.42 Å². The number of benzene rings is 1. The Morgan fingerprint density at radius 3 is 2.36 bits per heavy atom. The summed E-state index contributed by atoms with van der Waals surface area (Å²) in [6.07, 6.45) is 0.136. The van der Waals surface area contributed by atoms with Gasteiger partial charge in [0.05, 0.1) is 6.67 Å². The minimum atomic E-state index is -0.920. The number of rotatable bonds is 2. The monoisotopic (exact) mass is 160 g/mol. The van der Waals surface area contributed by atoms with E-state index in [0.717, 1.165) is 12.1 Å². The molecule has 0 aliphatic heterocycles. The van der Waals surface area contributed by atoms with Gasteiger partial charge in [-0.1, -0.05) is 6.07 Å². The molecule has 0 saturated carbocycles. The van der Waals surface area contributed by atoms with Crippen molar-refractivity contribution >= 4 is 0 Å². The summed E-state index contributed by atoms with van der Waals surface area (Å²) in [4.78, 5) is 0. The number of hydrogen-bond acceptors (Lipinski definition) is 0. The van der Waals surface area contributed by atoms with E-state index in [1.165, 1.54) is 6.07 Å². The third-order valence-corrected chi connectivity index (χ3v) is 1.37. The molecule has 60 valence electrons. The van der Waals surface area contributed by atoms with Crippen molar-refractivity contribution in [3.63, 3.8) is 0 Å². The molecule has 0 atom stereocenters. The largest absolute Gasteiger partial charge is 0.251 e. The van der Waals surface area contributed by atoms with E-state index in [4.69, 9.17) is 0 Å². The predicted molar refractivity (Wildman–Crippen MR) is 36.0 cm³/mol. The van der Waals surface area contributed by atoms with Gasteiger partial charge in [-0.3, -0.25) is 4.39 Å². The summed E-state index contributed by atoms with van der Waals surface area (Å²) >= 11 is 0. The van der Waals surface area contributed by atoms with Crippen molar-refractivity contribution in [3.05, 3.63) is 35.4 Å². The molecule has 0 bridgehead atoms. The summed E-state index contributed by atoms with van der Waals surface area (Å²) in [6, 6.07) is 3.38. The lowest BCUT2D eigenvalue weighted by Crippen LogP contribution is -1.90. The Kier molecular flexibility index (Phi) is 2.52. The molecule has 0 fully saturated rings. The Morgan fingerprint density at radius 1 is 1.09 bits per heavy atom. The maximum absolute atomic E-state index is 12.4. The summed E-state index contributed by atoms with van der Waals surface area (Å²) in [5.41, 5.74) is 0.478. The molecule has 0 spiro atoms. The van der Waals surface area contributed by atoms with Crippen LogP contribution in [0.3, 0.4) is 0 Å². The molecule has 1 aromatic rings. The van der Waals surface area contributed by atoms with Gasteiger partial charge in [-0.05, 0) is 17.7 Å². The Morgan fingerprint density at radius 2 is 1.82 bits per heavy atom. The van der Waals surface area contributed by atoms with Gasteiger partial charge in [0.1, 0.15) is 0 Å². The molecule has 1 aromatic carbocycles. The van der Waals surface area contributed by atoms with Gasteiger partial charge in [-0.25, -0.2) is 8.78 Å². The minimum absolute atomic E-state index is 0.136. The van der Waals surface area contributed by atoms with Gasteiger partial charge < -0.3 is 0 Å². The highest BCUT2D eigenvalue weighted by atomic mass is 19.2. The molecule has 1 rings (SSSR count). The SMILES string of the molecule is FCCc1ccc(F)c(F)c1. The number of hydrogen-bond donors (Lipinski definition) is 0. The molecule has 0 aromatic heterocycles. The average molecular weight is 160 g/mol. The van der Waals surface area contributed by atoms with E-state index in [0.29, 0.717) is 5.56 Å². The van der Waals surface area contributed by atoms with E-state index in [1.54, 1.807) is 0 Å². The van der Waals surface area contributed by atoms with Crippen LogP contribution < -0.4 is 0 Å². The predicted octanol–water partition coefficient (Wildman–Crippen LogP) is 2.48. The van der Waals surface area contributed by atoms with Crippen molar-refractivity contribution in [3.8, 4) is 0 Å². The Balaban J connectivity index is 2.86. The average Bonchev–Trinajstić information content (AvgIpc) is 1.98. The molecule has 0 aliphatic carbocycles. The van der Waals surface area contributed by atoms with E-state index in [1.807, 2.05) is 0 Å². The molecule has 0 amide bonds. The van der Waals surface area contributed by atoms with E-state index in [9.17, 15) is 13.2 Å². The van der Waals surface area contributed by atoms with Gasteiger partial charge in [0.2, 0.25) is 0 Å². The van der Waals surface area contributed by atoms with Crippen LogP contribution in [0, 0.1) is 11.6 Å². The first-order valence-electron chi connectivity index (χ1n) is 3.24. The van der Waals surface area contributed by atoms with Gasteiger partial charge >= 0.3 is 0 Å². The second-order valence-corrected chi connectivity index (χ2v) is 2.19. The second-order valence-electron chi connectivity index (χ2n) is 2.19. The lowest BCUT2D eigenvalue weighted by atomic mass is 10.1. The Bertz CT molecular complexity index is 245. The van der Waals surface area contributed by atoms with Crippen molar-refractivity contribution in [1.29, 1.82) is 0 Å². The zero-order valence-electron chi connectivity index (χ0n) is 5.78. The van der Waals surface area contributed by atoms with Gasteiger partial charge in [-0.2, -0.15) is 0 Å². The van der Waals surface area contributed by atoms with E-state index in [2.05, 4.69) is 0 Å². The van der Waals surface area contributed by atoms with Crippen molar-refractivity contribution in [2.45, 2.75) is 6.42 Å². The summed E-state index contributed by atoms with van der Waals surface area (Å²) in [5.74, 6) is -1.82. The minimum Gasteiger partial charge on any atom is -0.251 e. The summed E-state index contributed by atoms with van der Waals surface area (Å²) in [7, 11) is 0. The van der Waals surface area contributed by atoms with Crippen LogP contribution in [0.1, 0.15) is 5.56 Å². The number of alkyl halides is 1. The van der Waals surface area contributed by atoms with Crippen LogP contribution in [0.15, 0.2) is 18.2 Å². The van der Waals surface area contributed by atoms with Crippen LogP contribution in [0.25, 0.3) is 0 Å². The van der Waals surface area contributed by atoms with Crippen LogP contribution in [0.2, 0.25) is 0 Å².